The van der Waals surface area contributed by atoms with Gasteiger partial charge in [0.1, 0.15) is 0 Å². The third kappa shape index (κ3) is 2.07. The molecule has 0 bridgehead atoms. The average Bonchev–Trinajstić information content (AvgIpc) is 2.25. The maximum absolute atomic E-state index is 6.08. The van der Waals surface area contributed by atoms with Gasteiger partial charge in [-0.25, -0.2) is 4.98 Å². The van der Waals surface area contributed by atoms with Gasteiger partial charge in [-0.3, -0.25) is 0 Å². The highest BCUT2D eigenvalue weighted by molar-refractivity contribution is 6.44. The van der Waals surface area contributed by atoms with Gasteiger partial charge in [0.2, 0.25) is 0 Å². The minimum atomic E-state index is 0.520. The summed E-state index contributed by atoms with van der Waals surface area (Å²) < 4.78 is 0. The summed E-state index contributed by atoms with van der Waals surface area (Å²) in [6.45, 7) is 0.721. The highest BCUT2D eigenvalue weighted by atomic mass is 35.5. The van der Waals surface area contributed by atoms with Gasteiger partial charge in [-0.2, -0.15) is 0 Å². The summed E-state index contributed by atoms with van der Waals surface area (Å²) in [6, 6.07) is 7.67. The lowest BCUT2D eigenvalue weighted by Crippen LogP contribution is -2.06. The van der Waals surface area contributed by atoms with Crippen molar-refractivity contribution >= 4 is 34.1 Å². The van der Waals surface area contributed by atoms with Crippen LogP contribution in [0.4, 0.5) is 0 Å². The normalized spacial score (nSPS) is 10.9. The van der Waals surface area contributed by atoms with Gasteiger partial charge in [-0.05, 0) is 19.2 Å². The fourth-order valence-electron chi connectivity index (χ4n) is 1.45. The van der Waals surface area contributed by atoms with Crippen molar-refractivity contribution in [1.82, 2.24) is 10.3 Å². The van der Waals surface area contributed by atoms with Gasteiger partial charge in [-0.15, -0.1) is 0 Å². The molecule has 2 nitrogen and oxygen atoms in total. The van der Waals surface area contributed by atoms with E-state index in [0.29, 0.717) is 10.0 Å². The Morgan fingerprint density at radius 2 is 1.93 bits per heavy atom. The third-order valence-electron chi connectivity index (χ3n) is 2.17. The Kier molecular flexibility index (Phi) is 3.10. The maximum Gasteiger partial charge on any atom is 0.0907 e. The van der Waals surface area contributed by atoms with E-state index in [1.165, 1.54) is 0 Å². The SMILES string of the molecule is CNCc1ccc2ccc(Cl)c(Cl)c2n1. The van der Waals surface area contributed by atoms with E-state index in [-0.39, 0.29) is 0 Å². The molecule has 0 saturated heterocycles. The molecule has 0 saturated carbocycles. The second-order valence-corrected chi connectivity index (χ2v) is 4.05. The van der Waals surface area contributed by atoms with Crippen molar-refractivity contribution in [3.63, 3.8) is 0 Å². The molecule has 0 atom stereocenters. The summed E-state index contributed by atoms with van der Waals surface area (Å²) in [7, 11) is 1.88. The molecule has 1 aromatic heterocycles. The number of hydrogen-bond donors (Lipinski definition) is 1. The average molecular weight is 241 g/mol. The molecule has 0 radical (unpaired) electrons. The van der Waals surface area contributed by atoms with Crippen LogP contribution in [0.1, 0.15) is 5.69 Å². The van der Waals surface area contributed by atoms with Gasteiger partial charge in [0, 0.05) is 11.9 Å². The van der Waals surface area contributed by atoms with Crippen LogP contribution in [0.25, 0.3) is 10.9 Å². The molecule has 2 aromatic rings. The molecule has 2 rings (SSSR count). The van der Waals surface area contributed by atoms with E-state index in [2.05, 4.69) is 10.3 Å². The molecule has 1 aromatic carbocycles. The monoisotopic (exact) mass is 240 g/mol. The predicted molar refractivity (Wildman–Crippen MR) is 64.5 cm³/mol. The quantitative estimate of drug-likeness (QED) is 0.872. The van der Waals surface area contributed by atoms with E-state index in [4.69, 9.17) is 23.2 Å². The Morgan fingerprint density at radius 3 is 2.67 bits per heavy atom. The maximum atomic E-state index is 6.08. The predicted octanol–water partition coefficient (Wildman–Crippen LogP) is 3.26. The van der Waals surface area contributed by atoms with Crippen molar-refractivity contribution in [3.05, 3.63) is 40.0 Å². The summed E-state index contributed by atoms with van der Waals surface area (Å²) in [5, 5.41) is 5.11. The zero-order valence-corrected chi connectivity index (χ0v) is 9.73. The molecule has 0 amide bonds. The Morgan fingerprint density at radius 1 is 1.20 bits per heavy atom. The molecule has 1 heterocycles. The van der Waals surface area contributed by atoms with Crippen LogP contribution in [0.3, 0.4) is 0 Å². The Labute approximate surface area is 98.2 Å². The van der Waals surface area contributed by atoms with Crippen LogP contribution in [0.2, 0.25) is 10.0 Å². The largest absolute Gasteiger partial charge is 0.314 e. The molecule has 78 valence electrons. The second-order valence-electron chi connectivity index (χ2n) is 3.27. The lowest BCUT2D eigenvalue weighted by atomic mass is 10.2. The molecule has 0 fully saturated rings. The molecule has 1 N–H and O–H groups in total. The number of nitrogens with one attached hydrogen (secondary N) is 1. The van der Waals surface area contributed by atoms with E-state index in [0.717, 1.165) is 23.1 Å². The van der Waals surface area contributed by atoms with Crippen LogP contribution in [-0.2, 0) is 6.54 Å². The lowest BCUT2D eigenvalue weighted by molar-refractivity contribution is 0.795. The number of fused-ring (bicyclic) bond motifs is 1. The van der Waals surface area contributed by atoms with Crippen molar-refractivity contribution in [2.45, 2.75) is 6.54 Å². The van der Waals surface area contributed by atoms with Crippen LogP contribution in [0, 0.1) is 0 Å². The number of hydrogen-bond acceptors (Lipinski definition) is 2. The van der Waals surface area contributed by atoms with Gasteiger partial charge in [0.05, 0.1) is 21.3 Å². The number of nitrogens with zero attached hydrogens (tertiary/aromatic N) is 1. The third-order valence-corrected chi connectivity index (χ3v) is 2.96. The van der Waals surface area contributed by atoms with Crippen LogP contribution in [0.15, 0.2) is 24.3 Å². The van der Waals surface area contributed by atoms with Crippen molar-refractivity contribution < 1.29 is 0 Å². The molecule has 0 unspecified atom stereocenters. The summed E-state index contributed by atoms with van der Waals surface area (Å²) in [5.74, 6) is 0. The zero-order valence-electron chi connectivity index (χ0n) is 8.22. The summed E-state index contributed by atoms with van der Waals surface area (Å²) in [6.07, 6.45) is 0. The first-order valence-corrected chi connectivity index (χ1v) is 5.36. The van der Waals surface area contributed by atoms with E-state index < -0.39 is 0 Å². The first-order chi connectivity index (χ1) is 7.22. The van der Waals surface area contributed by atoms with Crippen LogP contribution in [0.5, 0.6) is 0 Å². The van der Waals surface area contributed by atoms with Crippen molar-refractivity contribution in [2.24, 2.45) is 0 Å². The Hall–Kier alpha value is -0.830. The Bertz CT molecular complexity index is 497. The highest BCUT2D eigenvalue weighted by Crippen LogP contribution is 2.29. The number of pyridine rings is 1. The van der Waals surface area contributed by atoms with Crippen molar-refractivity contribution in [1.29, 1.82) is 0 Å². The molecule has 0 aliphatic heterocycles. The summed E-state index contributed by atoms with van der Waals surface area (Å²) in [4.78, 5) is 4.45. The topological polar surface area (TPSA) is 24.9 Å². The number of aromatic nitrogens is 1. The molecular weight excluding hydrogens is 231 g/mol. The van der Waals surface area contributed by atoms with Gasteiger partial charge < -0.3 is 5.32 Å². The number of benzene rings is 1. The molecular formula is C11H10Cl2N2. The molecule has 4 heteroatoms. The lowest BCUT2D eigenvalue weighted by Gasteiger charge is -2.04. The molecule has 0 aliphatic rings. The van der Waals surface area contributed by atoms with Gasteiger partial charge >= 0.3 is 0 Å². The summed E-state index contributed by atoms with van der Waals surface area (Å²) in [5.41, 5.74) is 1.71. The van der Waals surface area contributed by atoms with Crippen LogP contribution >= 0.6 is 23.2 Å². The standard InChI is InChI=1S/C11H10Cl2N2/c1-14-6-8-4-2-7-3-5-9(12)10(13)11(7)15-8/h2-5,14H,6H2,1H3. The van der Waals surface area contributed by atoms with Crippen LogP contribution < -0.4 is 5.32 Å². The number of rotatable bonds is 2. The molecule has 15 heavy (non-hydrogen) atoms. The van der Waals surface area contributed by atoms with E-state index in [9.17, 15) is 0 Å². The van der Waals surface area contributed by atoms with Crippen molar-refractivity contribution in [2.75, 3.05) is 7.05 Å². The molecule has 0 spiro atoms. The van der Waals surface area contributed by atoms with E-state index in [1.54, 1.807) is 6.07 Å². The van der Waals surface area contributed by atoms with E-state index >= 15 is 0 Å². The highest BCUT2D eigenvalue weighted by Gasteiger charge is 2.05. The second kappa shape index (κ2) is 4.35. The van der Waals surface area contributed by atoms with Gasteiger partial charge in [-0.1, -0.05) is 35.3 Å². The van der Waals surface area contributed by atoms with Gasteiger partial charge in [0.25, 0.3) is 0 Å². The van der Waals surface area contributed by atoms with Gasteiger partial charge in [0.15, 0.2) is 0 Å². The number of halogens is 2. The fourth-order valence-corrected chi connectivity index (χ4v) is 1.82. The Balaban J connectivity index is 2.63. The van der Waals surface area contributed by atoms with E-state index in [1.807, 2.05) is 25.2 Å². The first-order valence-electron chi connectivity index (χ1n) is 4.60. The molecule has 0 aliphatic carbocycles. The fraction of sp³-hybridized carbons (Fsp3) is 0.182. The minimum absolute atomic E-state index is 0.520. The smallest absolute Gasteiger partial charge is 0.0907 e. The minimum Gasteiger partial charge on any atom is -0.314 e. The van der Waals surface area contributed by atoms with Crippen molar-refractivity contribution in [3.8, 4) is 0 Å². The summed E-state index contributed by atoms with van der Waals surface area (Å²) >= 11 is 12.0. The first kappa shape index (κ1) is 10.7. The van der Waals surface area contributed by atoms with Crippen LogP contribution in [-0.4, -0.2) is 12.0 Å². The zero-order chi connectivity index (χ0) is 10.8.